The van der Waals surface area contributed by atoms with Gasteiger partial charge in [-0.05, 0) is 36.6 Å². The van der Waals surface area contributed by atoms with E-state index in [1.807, 2.05) is 13.8 Å². The third kappa shape index (κ3) is 3.36. The van der Waals surface area contributed by atoms with E-state index in [1.54, 1.807) is 32.2 Å². The maximum Gasteiger partial charge on any atom is 0.263 e. The normalized spacial score (nSPS) is 11.7. The predicted molar refractivity (Wildman–Crippen MR) is 81.2 cm³/mol. The Bertz CT molecular complexity index is 736. The Morgan fingerprint density at radius 3 is 2.52 bits per heavy atom. The summed E-state index contributed by atoms with van der Waals surface area (Å²) >= 11 is 0. The Morgan fingerprint density at radius 1 is 1.29 bits per heavy atom. The average molecular weight is 309 g/mol. The molecule has 7 heteroatoms. The van der Waals surface area contributed by atoms with E-state index >= 15 is 0 Å². The molecule has 0 aliphatic heterocycles. The minimum absolute atomic E-state index is 0.176. The van der Waals surface area contributed by atoms with Crippen molar-refractivity contribution in [3.63, 3.8) is 0 Å². The van der Waals surface area contributed by atoms with Gasteiger partial charge in [-0.3, -0.25) is 9.82 Å². The van der Waals surface area contributed by atoms with Crippen molar-refractivity contribution in [1.82, 2.24) is 10.2 Å². The van der Waals surface area contributed by atoms with Crippen molar-refractivity contribution in [3.05, 3.63) is 35.5 Å². The number of sulfonamides is 1. The Kier molecular flexibility index (Phi) is 4.22. The van der Waals surface area contributed by atoms with Crippen LogP contribution in [0.5, 0.6) is 5.75 Å². The number of hydrogen-bond donors (Lipinski definition) is 2. The van der Waals surface area contributed by atoms with Gasteiger partial charge in [0.25, 0.3) is 10.0 Å². The van der Waals surface area contributed by atoms with Gasteiger partial charge in [-0.2, -0.15) is 5.10 Å². The van der Waals surface area contributed by atoms with Gasteiger partial charge in [0, 0.05) is 11.8 Å². The second-order valence-electron chi connectivity index (χ2n) is 5.10. The largest absolute Gasteiger partial charge is 0.496 e. The summed E-state index contributed by atoms with van der Waals surface area (Å²) in [4.78, 5) is 0.176. The summed E-state index contributed by atoms with van der Waals surface area (Å²) in [5.41, 5.74) is 1.63. The molecule has 6 nitrogen and oxygen atoms in total. The van der Waals surface area contributed by atoms with Gasteiger partial charge in [0.15, 0.2) is 5.82 Å². The monoisotopic (exact) mass is 309 g/mol. The molecule has 2 N–H and O–H groups in total. The van der Waals surface area contributed by atoms with E-state index in [0.717, 1.165) is 11.3 Å². The van der Waals surface area contributed by atoms with Crippen LogP contribution in [0.15, 0.2) is 29.2 Å². The van der Waals surface area contributed by atoms with Crippen molar-refractivity contribution in [2.75, 3.05) is 11.8 Å². The van der Waals surface area contributed by atoms with Crippen LogP contribution in [0.3, 0.4) is 0 Å². The molecular weight excluding hydrogens is 290 g/mol. The highest BCUT2D eigenvalue weighted by atomic mass is 32.2. The maximum absolute atomic E-state index is 12.3. The number of anilines is 1. The fourth-order valence-corrected chi connectivity index (χ4v) is 2.98. The molecule has 1 aromatic carbocycles. The summed E-state index contributed by atoms with van der Waals surface area (Å²) in [6, 6.07) is 6.40. The fourth-order valence-electron chi connectivity index (χ4n) is 1.90. The summed E-state index contributed by atoms with van der Waals surface area (Å²) in [6.45, 7) is 5.79. The van der Waals surface area contributed by atoms with Crippen molar-refractivity contribution >= 4 is 15.8 Å². The minimum atomic E-state index is -3.66. The molecule has 0 aliphatic rings. The van der Waals surface area contributed by atoms with Crippen LogP contribution < -0.4 is 9.46 Å². The smallest absolute Gasteiger partial charge is 0.263 e. The lowest BCUT2D eigenvalue weighted by Gasteiger charge is -2.08. The van der Waals surface area contributed by atoms with Gasteiger partial charge < -0.3 is 4.74 Å². The first-order valence-corrected chi connectivity index (χ1v) is 8.04. The van der Waals surface area contributed by atoms with Gasteiger partial charge >= 0.3 is 0 Å². The minimum Gasteiger partial charge on any atom is -0.496 e. The molecule has 0 unspecified atom stereocenters. The van der Waals surface area contributed by atoms with Crippen LogP contribution in [-0.2, 0) is 10.0 Å². The van der Waals surface area contributed by atoms with E-state index in [1.165, 1.54) is 6.07 Å². The number of nitrogens with zero attached hydrogens (tertiary/aromatic N) is 1. The predicted octanol–water partition coefficient (Wildman–Crippen LogP) is 2.65. The van der Waals surface area contributed by atoms with E-state index in [9.17, 15) is 8.42 Å². The van der Waals surface area contributed by atoms with E-state index in [-0.39, 0.29) is 16.6 Å². The average Bonchev–Trinajstić information content (AvgIpc) is 2.86. The van der Waals surface area contributed by atoms with Crippen LogP contribution in [0, 0.1) is 6.92 Å². The van der Waals surface area contributed by atoms with Crippen LogP contribution in [0.2, 0.25) is 0 Å². The molecule has 0 aliphatic carbocycles. The lowest BCUT2D eigenvalue weighted by atomic mass is 10.1. The number of methoxy groups -OCH3 is 1. The Hall–Kier alpha value is -2.02. The Balaban J connectivity index is 2.27. The zero-order valence-electron chi connectivity index (χ0n) is 12.5. The van der Waals surface area contributed by atoms with Gasteiger partial charge in [0.05, 0.1) is 12.0 Å². The molecule has 0 saturated heterocycles. The van der Waals surface area contributed by atoms with Crippen molar-refractivity contribution in [1.29, 1.82) is 0 Å². The first-order chi connectivity index (χ1) is 9.83. The summed E-state index contributed by atoms with van der Waals surface area (Å²) in [6.07, 6.45) is 0. The van der Waals surface area contributed by atoms with Gasteiger partial charge in [-0.25, -0.2) is 8.42 Å². The molecule has 0 atom stereocenters. The molecule has 0 amide bonds. The highest BCUT2D eigenvalue weighted by Crippen LogP contribution is 2.23. The summed E-state index contributed by atoms with van der Waals surface area (Å²) in [5, 5.41) is 6.78. The van der Waals surface area contributed by atoms with Gasteiger partial charge in [0.2, 0.25) is 0 Å². The molecular formula is C14H19N3O3S. The number of ether oxygens (including phenoxy) is 1. The molecule has 1 heterocycles. The molecule has 0 spiro atoms. The topological polar surface area (TPSA) is 84.1 Å². The zero-order valence-corrected chi connectivity index (χ0v) is 13.3. The van der Waals surface area contributed by atoms with Crippen LogP contribution >= 0.6 is 0 Å². The van der Waals surface area contributed by atoms with E-state index in [2.05, 4.69) is 14.9 Å². The number of aryl methyl sites for hydroxylation is 1. The zero-order chi connectivity index (χ0) is 15.6. The van der Waals surface area contributed by atoms with Crippen LogP contribution in [0.4, 0.5) is 5.82 Å². The molecule has 0 radical (unpaired) electrons. The lowest BCUT2D eigenvalue weighted by molar-refractivity contribution is 0.411. The number of nitrogens with one attached hydrogen (secondary N) is 2. The Labute approximate surface area is 124 Å². The van der Waals surface area contributed by atoms with Crippen LogP contribution in [0.25, 0.3) is 0 Å². The highest BCUT2D eigenvalue weighted by Gasteiger charge is 2.17. The summed E-state index contributed by atoms with van der Waals surface area (Å²) < 4.78 is 32.2. The number of rotatable bonds is 5. The second-order valence-corrected chi connectivity index (χ2v) is 6.78. The third-order valence-corrected chi connectivity index (χ3v) is 4.49. The summed E-state index contributed by atoms with van der Waals surface area (Å²) in [5.74, 6) is 1.18. The van der Waals surface area contributed by atoms with Crippen molar-refractivity contribution in [2.45, 2.75) is 31.6 Å². The quantitative estimate of drug-likeness (QED) is 0.889. The molecule has 0 saturated carbocycles. The molecule has 0 bridgehead atoms. The van der Waals surface area contributed by atoms with Gasteiger partial charge in [-0.15, -0.1) is 0 Å². The standard InChI is InChI=1S/C14H19N3O3S/c1-9(2)12-8-14(16-15-12)17-21(18,19)11-5-6-13(20-4)10(3)7-11/h5-9H,1-4H3,(H2,15,16,17). The van der Waals surface area contributed by atoms with Crippen molar-refractivity contribution < 1.29 is 13.2 Å². The molecule has 2 aromatic rings. The first kappa shape index (κ1) is 15.4. The molecule has 2 rings (SSSR count). The van der Waals surface area contributed by atoms with Crippen LogP contribution in [-0.4, -0.2) is 25.7 Å². The van der Waals surface area contributed by atoms with Gasteiger partial charge in [0.1, 0.15) is 5.75 Å². The second kappa shape index (κ2) is 5.77. The molecule has 1 aromatic heterocycles. The van der Waals surface area contributed by atoms with E-state index in [4.69, 9.17) is 4.74 Å². The van der Waals surface area contributed by atoms with Crippen molar-refractivity contribution in [3.8, 4) is 5.75 Å². The molecule has 114 valence electrons. The van der Waals surface area contributed by atoms with E-state index < -0.39 is 10.0 Å². The number of hydrogen-bond acceptors (Lipinski definition) is 4. The number of benzene rings is 1. The van der Waals surface area contributed by atoms with Crippen molar-refractivity contribution in [2.24, 2.45) is 0 Å². The lowest BCUT2D eigenvalue weighted by Crippen LogP contribution is -2.13. The highest BCUT2D eigenvalue weighted by molar-refractivity contribution is 7.92. The molecule has 0 fully saturated rings. The number of aromatic amines is 1. The molecule has 21 heavy (non-hydrogen) atoms. The Morgan fingerprint density at radius 2 is 2.00 bits per heavy atom. The van der Waals surface area contributed by atoms with E-state index in [0.29, 0.717) is 5.75 Å². The fraction of sp³-hybridized carbons (Fsp3) is 0.357. The van der Waals surface area contributed by atoms with Gasteiger partial charge in [-0.1, -0.05) is 13.8 Å². The SMILES string of the molecule is COc1ccc(S(=O)(=O)Nc2cc(C(C)C)[nH]n2)cc1C. The maximum atomic E-state index is 12.3. The summed E-state index contributed by atoms with van der Waals surface area (Å²) in [7, 11) is -2.11. The third-order valence-electron chi connectivity index (χ3n) is 3.14. The number of H-pyrrole nitrogens is 1. The van der Waals surface area contributed by atoms with Crippen LogP contribution in [0.1, 0.15) is 31.0 Å². The number of aromatic nitrogens is 2. The first-order valence-electron chi connectivity index (χ1n) is 6.56.